The van der Waals surface area contributed by atoms with Crippen molar-refractivity contribution in [3.63, 3.8) is 0 Å². The first-order chi connectivity index (χ1) is 15.8. The summed E-state index contributed by atoms with van der Waals surface area (Å²) in [7, 11) is -3.57. The van der Waals surface area contributed by atoms with Crippen LogP contribution in [-0.2, 0) is 10.0 Å². The lowest BCUT2D eigenvalue weighted by Crippen LogP contribution is -2.37. The predicted octanol–water partition coefficient (Wildman–Crippen LogP) is 3.89. The summed E-state index contributed by atoms with van der Waals surface area (Å²) in [6.45, 7) is 6.72. The van der Waals surface area contributed by atoms with E-state index in [2.05, 4.69) is 15.2 Å². The Balaban J connectivity index is 1.27. The predicted molar refractivity (Wildman–Crippen MR) is 132 cm³/mol. The van der Waals surface area contributed by atoms with Crippen LogP contribution in [0.1, 0.15) is 59.1 Å². The molecule has 33 heavy (non-hydrogen) atoms. The highest BCUT2D eigenvalue weighted by molar-refractivity contribution is 7.89. The molecule has 2 aliphatic heterocycles. The maximum atomic E-state index is 13.0. The maximum Gasteiger partial charge on any atom is 0.270 e. The molecule has 4 rings (SSSR count). The van der Waals surface area contributed by atoms with Crippen LogP contribution in [0.25, 0.3) is 0 Å². The number of nitrogens with one attached hydrogen (secondary N) is 1. The van der Waals surface area contributed by atoms with E-state index in [9.17, 15) is 13.2 Å². The molecule has 7 nitrogen and oxygen atoms in total. The number of likely N-dealkylation sites (tertiary alicyclic amines) is 1. The van der Waals surface area contributed by atoms with Gasteiger partial charge in [-0.3, -0.25) is 4.79 Å². The summed E-state index contributed by atoms with van der Waals surface area (Å²) < 4.78 is 27.5. The smallest absolute Gasteiger partial charge is 0.270 e. The number of thiazole rings is 1. The Morgan fingerprint density at radius 2 is 1.94 bits per heavy atom. The highest BCUT2D eigenvalue weighted by Gasteiger charge is 2.31. The summed E-state index contributed by atoms with van der Waals surface area (Å²) in [5, 5.41) is 6.15. The first-order valence-electron chi connectivity index (χ1n) is 11.6. The van der Waals surface area contributed by atoms with Gasteiger partial charge >= 0.3 is 0 Å². The molecule has 0 radical (unpaired) electrons. The van der Waals surface area contributed by atoms with Crippen LogP contribution in [0.15, 0.2) is 28.5 Å². The van der Waals surface area contributed by atoms with E-state index in [-0.39, 0.29) is 16.7 Å². The normalized spacial score (nSPS) is 18.6. The van der Waals surface area contributed by atoms with Gasteiger partial charge in [0.05, 0.1) is 9.90 Å². The lowest BCUT2D eigenvalue weighted by atomic mass is 9.99. The van der Waals surface area contributed by atoms with Crippen LogP contribution < -0.4 is 5.32 Å². The van der Waals surface area contributed by atoms with E-state index in [0.717, 1.165) is 23.5 Å². The second-order valence-electron chi connectivity index (χ2n) is 8.82. The van der Waals surface area contributed by atoms with E-state index in [1.54, 1.807) is 12.1 Å². The van der Waals surface area contributed by atoms with Gasteiger partial charge in [-0.2, -0.15) is 4.31 Å². The average Bonchev–Trinajstić information content (AvgIpc) is 3.51. The molecule has 0 bridgehead atoms. The molecule has 1 aromatic heterocycles. The number of aryl methyl sites for hydroxylation is 1. The fourth-order valence-corrected chi connectivity index (χ4v) is 7.12. The molecule has 180 valence electrons. The number of benzene rings is 1. The van der Waals surface area contributed by atoms with Crippen molar-refractivity contribution in [2.75, 3.05) is 39.3 Å². The van der Waals surface area contributed by atoms with Crippen molar-refractivity contribution >= 4 is 38.9 Å². The van der Waals surface area contributed by atoms with Gasteiger partial charge in [-0.15, -0.1) is 11.3 Å². The van der Waals surface area contributed by atoms with Crippen LogP contribution in [0.3, 0.4) is 0 Å². The van der Waals surface area contributed by atoms with Crippen molar-refractivity contribution in [2.45, 2.75) is 49.8 Å². The Kier molecular flexibility index (Phi) is 8.07. The monoisotopic (exact) mass is 510 g/mol. The highest BCUT2D eigenvalue weighted by atomic mass is 35.5. The van der Waals surface area contributed by atoms with E-state index in [1.807, 2.05) is 12.3 Å². The number of carbonyl (C=O) groups excluding carboxylic acids is 1. The van der Waals surface area contributed by atoms with Gasteiger partial charge in [0.25, 0.3) is 5.91 Å². The zero-order valence-electron chi connectivity index (χ0n) is 18.9. The summed E-state index contributed by atoms with van der Waals surface area (Å²) in [5.74, 6) is 0.0370. The third kappa shape index (κ3) is 5.95. The molecule has 1 aromatic carbocycles. The highest BCUT2D eigenvalue weighted by Crippen LogP contribution is 2.33. The molecule has 1 amide bonds. The number of carbonyl (C=O) groups is 1. The van der Waals surface area contributed by atoms with Crippen molar-refractivity contribution in [1.29, 1.82) is 0 Å². The van der Waals surface area contributed by atoms with Gasteiger partial charge in [0.1, 0.15) is 5.69 Å². The van der Waals surface area contributed by atoms with Crippen LogP contribution in [0.2, 0.25) is 5.02 Å². The van der Waals surface area contributed by atoms with E-state index < -0.39 is 10.0 Å². The molecule has 0 aliphatic carbocycles. The lowest BCUT2D eigenvalue weighted by Gasteiger charge is -2.30. The van der Waals surface area contributed by atoms with Gasteiger partial charge in [-0.25, -0.2) is 13.4 Å². The molecule has 2 fully saturated rings. The largest absolute Gasteiger partial charge is 0.351 e. The van der Waals surface area contributed by atoms with Crippen LogP contribution in [0, 0.1) is 6.92 Å². The molecule has 3 heterocycles. The fraction of sp³-hybridized carbons (Fsp3) is 0.565. The Labute approximate surface area is 205 Å². The molecule has 1 N–H and O–H groups in total. The SMILES string of the molecule is Cc1ccc(S(=O)(=O)N2CCC(c3nc(C(=O)NCCCN4CCCC4)cs3)CC2)cc1Cl. The number of amides is 1. The van der Waals surface area contributed by atoms with Gasteiger partial charge < -0.3 is 10.2 Å². The molecular weight excluding hydrogens is 480 g/mol. The molecule has 0 unspecified atom stereocenters. The summed E-state index contributed by atoms with van der Waals surface area (Å²) in [5.41, 5.74) is 1.31. The Hall–Kier alpha value is -1.52. The number of sulfonamides is 1. The molecular formula is C23H31ClN4O3S2. The topological polar surface area (TPSA) is 82.6 Å². The Morgan fingerprint density at radius 1 is 1.21 bits per heavy atom. The number of aromatic nitrogens is 1. The maximum absolute atomic E-state index is 13.0. The number of rotatable bonds is 8. The first-order valence-corrected chi connectivity index (χ1v) is 14.3. The van der Waals surface area contributed by atoms with Gasteiger partial charge in [-0.1, -0.05) is 17.7 Å². The molecule has 0 atom stereocenters. The number of nitrogens with zero attached hydrogens (tertiary/aromatic N) is 3. The summed E-state index contributed by atoms with van der Waals surface area (Å²) in [6.07, 6.45) is 4.87. The third-order valence-corrected chi connectivity index (χ3v) is 9.78. The second kappa shape index (κ2) is 10.8. The van der Waals surface area contributed by atoms with Gasteiger partial charge in [-0.05, 0) is 76.4 Å². The van der Waals surface area contributed by atoms with Gasteiger partial charge in [0.15, 0.2) is 0 Å². The minimum Gasteiger partial charge on any atom is -0.351 e. The molecule has 2 aromatic rings. The van der Waals surface area contributed by atoms with E-state index in [1.165, 1.54) is 47.6 Å². The summed E-state index contributed by atoms with van der Waals surface area (Å²) in [4.78, 5) is 19.7. The van der Waals surface area contributed by atoms with Gasteiger partial charge in [0, 0.05) is 36.0 Å². The minimum absolute atomic E-state index is 0.129. The standard InChI is InChI=1S/C23H31ClN4O3S2/c1-17-5-6-19(15-20(17)24)33(30,31)28-13-7-18(8-14-28)23-26-21(16-32-23)22(29)25-9-4-12-27-10-2-3-11-27/h5-6,15-16,18H,2-4,7-14H2,1H3,(H,25,29). The zero-order chi connectivity index (χ0) is 23.4. The molecule has 10 heteroatoms. The van der Waals surface area contributed by atoms with Crippen LogP contribution in [0.5, 0.6) is 0 Å². The van der Waals surface area contributed by atoms with E-state index in [0.29, 0.717) is 43.2 Å². The van der Waals surface area contributed by atoms with E-state index in [4.69, 9.17) is 11.6 Å². The van der Waals surface area contributed by atoms with Crippen molar-refractivity contribution in [3.05, 3.63) is 44.9 Å². The van der Waals surface area contributed by atoms with Crippen molar-refractivity contribution in [3.8, 4) is 0 Å². The summed E-state index contributed by atoms with van der Waals surface area (Å²) >= 11 is 7.62. The quantitative estimate of drug-likeness (QED) is 0.545. The molecule has 0 spiro atoms. The van der Waals surface area contributed by atoms with Gasteiger partial charge in [0.2, 0.25) is 10.0 Å². The van der Waals surface area contributed by atoms with Crippen molar-refractivity contribution in [2.24, 2.45) is 0 Å². The van der Waals surface area contributed by atoms with E-state index >= 15 is 0 Å². The minimum atomic E-state index is -3.57. The van der Waals surface area contributed by atoms with Crippen LogP contribution in [0.4, 0.5) is 0 Å². The number of hydrogen-bond donors (Lipinski definition) is 1. The van der Waals surface area contributed by atoms with Crippen LogP contribution >= 0.6 is 22.9 Å². The molecule has 2 aliphatic rings. The van der Waals surface area contributed by atoms with Crippen LogP contribution in [-0.4, -0.2) is 67.8 Å². The molecule has 2 saturated heterocycles. The van der Waals surface area contributed by atoms with Crippen molar-refractivity contribution in [1.82, 2.24) is 19.5 Å². The second-order valence-corrected chi connectivity index (χ2v) is 12.1. The first kappa shape index (κ1) is 24.6. The average molecular weight is 511 g/mol. The fourth-order valence-electron chi connectivity index (χ4n) is 4.41. The Morgan fingerprint density at radius 3 is 2.64 bits per heavy atom. The number of halogens is 1. The summed E-state index contributed by atoms with van der Waals surface area (Å²) in [6, 6.07) is 4.87. The Bertz CT molecular complexity index is 1080. The number of piperidine rings is 1. The molecule has 0 saturated carbocycles. The van der Waals surface area contributed by atoms with Crippen molar-refractivity contribution < 1.29 is 13.2 Å². The third-order valence-electron chi connectivity index (χ3n) is 6.47. The number of hydrogen-bond acceptors (Lipinski definition) is 6. The zero-order valence-corrected chi connectivity index (χ0v) is 21.3. The lowest BCUT2D eigenvalue weighted by molar-refractivity contribution is 0.0947.